The Balaban J connectivity index is 1.49. The number of hydrogen-bond acceptors (Lipinski definition) is 7. The number of nitrogens with one attached hydrogen (secondary N) is 1. The number of hydrogen-bond donors (Lipinski definition) is 1. The summed E-state index contributed by atoms with van der Waals surface area (Å²) in [5.74, 6) is 0.599. The SMILES string of the molecule is CC(Sc1nc2cc(Cl)ccc2o1)c1nc2scc(-c3cccs3)c2c(=O)[nH]1. The van der Waals surface area contributed by atoms with Crippen LogP contribution in [0.25, 0.3) is 31.8 Å². The monoisotopic (exact) mass is 445 g/mol. The summed E-state index contributed by atoms with van der Waals surface area (Å²) in [7, 11) is 0. The summed E-state index contributed by atoms with van der Waals surface area (Å²) in [4.78, 5) is 26.6. The third-order valence-corrected chi connectivity index (χ3v) is 7.21. The summed E-state index contributed by atoms with van der Waals surface area (Å²) in [6.07, 6.45) is 0. The number of benzene rings is 1. The van der Waals surface area contributed by atoms with Gasteiger partial charge in [-0.3, -0.25) is 4.79 Å². The Hall–Kier alpha value is -2.13. The molecule has 0 saturated carbocycles. The van der Waals surface area contributed by atoms with Gasteiger partial charge in [0.2, 0.25) is 0 Å². The van der Waals surface area contributed by atoms with Crippen LogP contribution in [0.1, 0.15) is 18.0 Å². The van der Waals surface area contributed by atoms with Gasteiger partial charge in [0.25, 0.3) is 10.8 Å². The first-order chi connectivity index (χ1) is 13.6. The van der Waals surface area contributed by atoms with Crippen LogP contribution in [0.15, 0.2) is 55.5 Å². The molecular weight excluding hydrogens is 434 g/mol. The first-order valence-electron chi connectivity index (χ1n) is 8.36. The first-order valence-corrected chi connectivity index (χ1v) is 11.4. The Kier molecular flexibility index (Phi) is 4.51. The van der Waals surface area contributed by atoms with Crippen LogP contribution in [0.4, 0.5) is 0 Å². The van der Waals surface area contributed by atoms with Gasteiger partial charge in [0, 0.05) is 20.8 Å². The van der Waals surface area contributed by atoms with Crippen molar-refractivity contribution in [2.45, 2.75) is 17.4 Å². The first kappa shape index (κ1) is 17.9. The Labute approximate surface area is 176 Å². The molecule has 0 aliphatic heterocycles. The fourth-order valence-electron chi connectivity index (χ4n) is 2.91. The van der Waals surface area contributed by atoms with E-state index in [0.717, 1.165) is 15.3 Å². The quantitative estimate of drug-likeness (QED) is 0.326. The zero-order valence-electron chi connectivity index (χ0n) is 14.4. The van der Waals surface area contributed by atoms with E-state index in [9.17, 15) is 4.79 Å². The highest BCUT2D eigenvalue weighted by Gasteiger charge is 2.19. The van der Waals surface area contributed by atoms with Gasteiger partial charge in [-0.1, -0.05) is 29.4 Å². The second-order valence-electron chi connectivity index (χ2n) is 6.11. The fourth-order valence-corrected chi connectivity index (χ4v) is 5.66. The summed E-state index contributed by atoms with van der Waals surface area (Å²) < 4.78 is 5.76. The summed E-state index contributed by atoms with van der Waals surface area (Å²) in [5, 5.41) is 5.63. The largest absolute Gasteiger partial charge is 0.431 e. The topological polar surface area (TPSA) is 71.8 Å². The molecule has 5 nitrogen and oxygen atoms in total. The van der Waals surface area contributed by atoms with Gasteiger partial charge in [0.05, 0.1) is 10.6 Å². The molecule has 0 aliphatic carbocycles. The highest BCUT2D eigenvalue weighted by atomic mass is 35.5. The smallest absolute Gasteiger partial charge is 0.260 e. The molecule has 0 amide bonds. The molecule has 1 atom stereocenters. The molecule has 0 bridgehead atoms. The molecule has 4 aromatic heterocycles. The number of rotatable bonds is 4. The maximum atomic E-state index is 12.8. The number of oxazole rings is 1. The maximum Gasteiger partial charge on any atom is 0.260 e. The minimum Gasteiger partial charge on any atom is -0.431 e. The number of halogens is 1. The lowest BCUT2D eigenvalue weighted by Gasteiger charge is -2.07. The molecule has 1 N–H and O–H groups in total. The van der Waals surface area contributed by atoms with Gasteiger partial charge < -0.3 is 9.40 Å². The molecule has 140 valence electrons. The molecule has 9 heteroatoms. The van der Waals surface area contributed by atoms with Crippen molar-refractivity contribution in [2.24, 2.45) is 0 Å². The molecular formula is C19H12ClN3O2S3. The van der Waals surface area contributed by atoms with Gasteiger partial charge in [0.15, 0.2) is 5.58 Å². The molecule has 4 heterocycles. The van der Waals surface area contributed by atoms with Crippen molar-refractivity contribution < 1.29 is 4.42 Å². The van der Waals surface area contributed by atoms with Crippen molar-refractivity contribution in [3.05, 3.63) is 62.3 Å². The average molecular weight is 446 g/mol. The summed E-state index contributed by atoms with van der Waals surface area (Å²) in [6.45, 7) is 1.96. The molecule has 28 heavy (non-hydrogen) atoms. The lowest BCUT2D eigenvalue weighted by Crippen LogP contribution is -2.12. The van der Waals surface area contributed by atoms with Gasteiger partial charge in [-0.15, -0.1) is 22.7 Å². The number of nitrogens with zero attached hydrogens (tertiary/aromatic N) is 2. The second-order valence-corrected chi connectivity index (χ2v) is 9.64. The van der Waals surface area contributed by atoms with Crippen LogP contribution < -0.4 is 5.56 Å². The van der Waals surface area contributed by atoms with Crippen molar-refractivity contribution in [1.82, 2.24) is 15.0 Å². The van der Waals surface area contributed by atoms with Crippen molar-refractivity contribution in [2.75, 3.05) is 0 Å². The Morgan fingerprint density at radius 2 is 2.14 bits per heavy atom. The molecule has 5 aromatic rings. The normalized spacial score (nSPS) is 12.8. The minimum absolute atomic E-state index is 0.124. The molecule has 0 aliphatic rings. The van der Waals surface area contributed by atoms with E-state index in [1.165, 1.54) is 23.1 Å². The molecule has 0 saturated heterocycles. The lowest BCUT2D eigenvalue weighted by atomic mass is 10.2. The van der Waals surface area contributed by atoms with E-state index in [1.807, 2.05) is 29.8 Å². The summed E-state index contributed by atoms with van der Waals surface area (Å²) in [6, 6.07) is 9.31. The highest BCUT2D eigenvalue weighted by molar-refractivity contribution is 7.99. The Morgan fingerprint density at radius 3 is 2.96 bits per heavy atom. The zero-order valence-corrected chi connectivity index (χ0v) is 17.6. The summed E-state index contributed by atoms with van der Waals surface area (Å²) in [5.41, 5.74) is 2.20. The predicted molar refractivity (Wildman–Crippen MR) is 117 cm³/mol. The van der Waals surface area contributed by atoms with Crippen molar-refractivity contribution in [3.8, 4) is 10.4 Å². The molecule has 1 aromatic carbocycles. The predicted octanol–water partition coefficient (Wildman–Crippen LogP) is 6.36. The van der Waals surface area contributed by atoms with E-state index in [1.54, 1.807) is 29.5 Å². The second kappa shape index (κ2) is 7.04. The van der Waals surface area contributed by atoms with E-state index in [0.29, 0.717) is 32.6 Å². The van der Waals surface area contributed by atoms with Crippen LogP contribution >= 0.6 is 46.0 Å². The number of thiophene rings is 2. The third-order valence-electron chi connectivity index (χ3n) is 4.24. The van der Waals surface area contributed by atoms with Gasteiger partial charge in [-0.05, 0) is 36.6 Å². The van der Waals surface area contributed by atoms with Crippen LogP contribution in [-0.4, -0.2) is 15.0 Å². The van der Waals surface area contributed by atoms with Crippen molar-refractivity contribution in [3.63, 3.8) is 0 Å². The van der Waals surface area contributed by atoms with E-state index in [-0.39, 0.29) is 10.8 Å². The van der Waals surface area contributed by atoms with E-state index in [2.05, 4.69) is 15.0 Å². The Morgan fingerprint density at radius 1 is 1.25 bits per heavy atom. The molecule has 0 spiro atoms. The van der Waals surface area contributed by atoms with Crippen molar-refractivity contribution >= 4 is 67.4 Å². The number of aromatic amines is 1. The van der Waals surface area contributed by atoms with Gasteiger partial charge in [-0.25, -0.2) is 9.97 Å². The van der Waals surface area contributed by atoms with Crippen LogP contribution in [0.3, 0.4) is 0 Å². The number of thioether (sulfide) groups is 1. The van der Waals surface area contributed by atoms with Crippen molar-refractivity contribution in [1.29, 1.82) is 0 Å². The third kappa shape index (κ3) is 3.16. The number of aromatic nitrogens is 3. The van der Waals surface area contributed by atoms with Gasteiger partial charge in [0.1, 0.15) is 16.2 Å². The van der Waals surface area contributed by atoms with Gasteiger partial charge >= 0.3 is 0 Å². The lowest BCUT2D eigenvalue weighted by molar-refractivity contribution is 0.488. The molecule has 0 fully saturated rings. The fraction of sp³-hybridized carbons (Fsp3) is 0.105. The van der Waals surface area contributed by atoms with Crippen LogP contribution in [0.2, 0.25) is 5.02 Å². The number of H-pyrrole nitrogens is 1. The minimum atomic E-state index is -0.132. The van der Waals surface area contributed by atoms with E-state index >= 15 is 0 Å². The van der Waals surface area contributed by atoms with Crippen LogP contribution in [0, 0.1) is 0 Å². The maximum absolute atomic E-state index is 12.8. The molecule has 5 rings (SSSR count). The Bertz CT molecular complexity index is 1350. The van der Waals surface area contributed by atoms with E-state index < -0.39 is 0 Å². The standard InChI is InChI=1S/C19H12ClN3O2S3/c1-9(28-19-21-12-7-10(20)4-5-13(12)25-19)16-22-17(24)15-11(8-27-18(15)23-16)14-3-2-6-26-14/h2-9H,1H3,(H,22,23,24). The molecule has 0 radical (unpaired) electrons. The summed E-state index contributed by atoms with van der Waals surface area (Å²) >= 11 is 10.5. The highest BCUT2D eigenvalue weighted by Crippen LogP contribution is 2.37. The zero-order chi connectivity index (χ0) is 19.3. The number of fused-ring (bicyclic) bond motifs is 2. The molecule has 1 unspecified atom stereocenters. The average Bonchev–Trinajstić information content (AvgIpc) is 3.39. The van der Waals surface area contributed by atoms with Gasteiger partial charge in [-0.2, -0.15) is 0 Å². The van der Waals surface area contributed by atoms with E-state index in [4.69, 9.17) is 16.0 Å². The van der Waals surface area contributed by atoms with Crippen LogP contribution in [-0.2, 0) is 0 Å². The van der Waals surface area contributed by atoms with Crippen LogP contribution in [0.5, 0.6) is 0 Å².